The van der Waals surface area contributed by atoms with Crippen LogP contribution in [-0.4, -0.2) is 35.8 Å². The van der Waals surface area contributed by atoms with Gasteiger partial charge < -0.3 is 19.6 Å². The van der Waals surface area contributed by atoms with E-state index in [1.165, 1.54) is 30.3 Å². The molecule has 0 unspecified atom stereocenters. The summed E-state index contributed by atoms with van der Waals surface area (Å²) in [5.41, 5.74) is 7.01. The van der Waals surface area contributed by atoms with Gasteiger partial charge in [-0.1, -0.05) is 35.9 Å². The third-order valence-corrected chi connectivity index (χ3v) is 7.55. The molecule has 0 saturated carbocycles. The van der Waals surface area contributed by atoms with Gasteiger partial charge in [0.1, 0.15) is 23.2 Å². The van der Waals surface area contributed by atoms with E-state index in [-0.39, 0.29) is 41.4 Å². The maximum Gasteiger partial charge on any atom is 0.223 e. The van der Waals surface area contributed by atoms with Crippen molar-refractivity contribution in [2.24, 2.45) is 0 Å². The molecule has 3 rings (SSSR count). The summed E-state index contributed by atoms with van der Waals surface area (Å²) in [6.45, 7) is 1.72. The van der Waals surface area contributed by atoms with Gasteiger partial charge in [0, 0.05) is 12.7 Å². The molecule has 0 aliphatic carbocycles. The molecule has 0 aromatic heterocycles. The lowest BCUT2D eigenvalue weighted by molar-refractivity contribution is 0.198. The smallest absolute Gasteiger partial charge is 0.223 e. The first kappa shape index (κ1) is 23.8. The monoisotopic (exact) mass is 478 g/mol. The Morgan fingerprint density at radius 1 is 0.969 bits per heavy atom. The molecular weight excluding hydrogens is 452 g/mol. The molecule has 3 aromatic rings. The van der Waals surface area contributed by atoms with Crippen LogP contribution in [-0.2, 0) is 14.0 Å². The second kappa shape index (κ2) is 9.72. The zero-order valence-corrected chi connectivity index (χ0v) is 18.9. The fraction of sp³-hybridized carbons (Fsp3) is 0.136. The minimum atomic E-state index is -4.05. The number of hydrogen-bond acceptors (Lipinski definition) is 8. The number of rotatable bonds is 8. The van der Waals surface area contributed by atoms with Gasteiger partial charge in [0.2, 0.25) is 9.84 Å². The number of benzene rings is 3. The Bertz CT molecular complexity index is 1200. The van der Waals surface area contributed by atoms with Crippen LogP contribution in [0.2, 0.25) is 0 Å². The summed E-state index contributed by atoms with van der Waals surface area (Å²) in [5, 5.41) is 7.56. The maximum atomic E-state index is 12.7. The average molecular weight is 479 g/mol. The summed E-state index contributed by atoms with van der Waals surface area (Å²) in [6, 6.07) is 18.6. The molecule has 0 fully saturated rings. The molecule has 0 radical (unpaired) electrons. The van der Waals surface area contributed by atoms with Gasteiger partial charge in [-0.25, -0.2) is 8.42 Å². The van der Waals surface area contributed by atoms with Crippen LogP contribution in [0.1, 0.15) is 12.6 Å². The molecule has 0 heterocycles. The first-order valence-electron chi connectivity index (χ1n) is 9.52. The number of ether oxygens (including phenoxy) is 1. The quantitative estimate of drug-likeness (QED) is 0.158. The highest BCUT2D eigenvalue weighted by Crippen LogP contribution is 2.48. The minimum absolute atomic E-state index is 0. The number of hydrogen-bond donors (Lipinski definition) is 4. The van der Waals surface area contributed by atoms with Crippen molar-refractivity contribution in [2.45, 2.75) is 16.7 Å². The molecule has 0 aliphatic rings. The lowest BCUT2D eigenvalue weighted by Gasteiger charge is -2.26. The SMILES string of the molecule is Cc1ccc(S(O)(O)OCCOc2ccc(N)c(C(=N)S(=O)(=O)c3ccccc3)c2)cc1.[HH]. The first-order valence-corrected chi connectivity index (χ1v) is 12.5. The molecule has 0 spiro atoms. The number of nitrogens with one attached hydrogen (secondary N) is 1. The van der Waals surface area contributed by atoms with E-state index < -0.39 is 25.8 Å². The summed E-state index contributed by atoms with van der Waals surface area (Å²) < 4.78 is 56.5. The van der Waals surface area contributed by atoms with E-state index in [4.69, 9.17) is 20.1 Å². The van der Waals surface area contributed by atoms with Crippen LogP contribution in [0.4, 0.5) is 5.69 Å². The Morgan fingerprint density at radius 2 is 1.62 bits per heavy atom. The highest BCUT2D eigenvalue weighted by molar-refractivity contribution is 8.20. The van der Waals surface area contributed by atoms with E-state index >= 15 is 0 Å². The van der Waals surface area contributed by atoms with Crippen LogP contribution in [0.15, 0.2) is 82.6 Å². The van der Waals surface area contributed by atoms with E-state index in [2.05, 4.69) is 0 Å². The molecule has 8 nitrogen and oxygen atoms in total. The van der Waals surface area contributed by atoms with Crippen molar-refractivity contribution in [1.82, 2.24) is 0 Å². The van der Waals surface area contributed by atoms with Crippen LogP contribution in [0.3, 0.4) is 0 Å². The van der Waals surface area contributed by atoms with Gasteiger partial charge in [0.15, 0.2) is 5.04 Å². The topological polar surface area (TPSA) is 143 Å². The van der Waals surface area contributed by atoms with Crippen molar-refractivity contribution in [3.05, 3.63) is 83.9 Å². The van der Waals surface area contributed by atoms with Crippen LogP contribution in [0, 0.1) is 12.3 Å². The highest BCUT2D eigenvalue weighted by atomic mass is 32.3. The van der Waals surface area contributed by atoms with Crippen molar-refractivity contribution in [3.63, 3.8) is 0 Å². The number of nitrogen functional groups attached to an aromatic ring is 1. The van der Waals surface area contributed by atoms with Crippen molar-refractivity contribution in [1.29, 1.82) is 5.41 Å². The summed E-state index contributed by atoms with van der Waals surface area (Å²) >= 11 is 0. The van der Waals surface area contributed by atoms with E-state index in [9.17, 15) is 17.5 Å². The third kappa shape index (κ3) is 5.47. The average Bonchev–Trinajstić information content (AvgIpc) is 2.78. The Labute approximate surface area is 190 Å². The Hall–Kier alpha value is -2.89. The largest absolute Gasteiger partial charge is 0.491 e. The van der Waals surface area contributed by atoms with Gasteiger partial charge in [-0.15, -0.1) is 0 Å². The summed E-state index contributed by atoms with van der Waals surface area (Å²) in [6.07, 6.45) is 0. The van der Waals surface area contributed by atoms with E-state index in [0.29, 0.717) is 0 Å². The van der Waals surface area contributed by atoms with Crippen molar-refractivity contribution >= 4 is 31.4 Å². The van der Waals surface area contributed by atoms with Crippen molar-refractivity contribution < 1.29 is 27.9 Å². The van der Waals surface area contributed by atoms with Crippen molar-refractivity contribution in [2.75, 3.05) is 18.9 Å². The second-order valence-electron chi connectivity index (χ2n) is 6.87. The Balaban J connectivity index is 0.00000385. The lowest BCUT2D eigenvalue weighted by Crippen LogP contribution is -2.17. The highest BCUT2D eigenvalue weighted by Gasteiger charge is 2.25. The number of nitrogens with two attached hydrogens (primary N) is 1. The van der Waals surface area contributed by atoms with E-state index in [1.54, 1.807) is 42.5 Å². The zero-order valence-electron chi connectivity index (χ0n) is 17.3. The fourth-order valence-corrected chi connectivity index (χ4v) is 4.92. The maximum absolute atomic E-state index is 12.7. The molecule has 10 heteroatoms. The van der Waals surface area contributed by atoms with Gasteiger partial charge in [-0.3, -0.25) is 9.59 Å². The fourth-order valence-electron chi connectivity index (χ4n) is 2.78. The van der Waals surface area contributed by atoms with Crippen LogP contribution in [0.25, 0.3) is 0 Å². The molecule has 0 bridgehead atoms. The van der Waals surface area contributed by atoms with E-state index in [0.717, 1.165) is 5.56 Å². The van der Waals surface area contributed by atoms with Gasteiger partial charge in [0.25, 0.3) is 0 Å². The normalized spacial score (nSPS) is 12.3. The third-order valence-electron chi connectivity index (χ3n) is 4.52. The molecular formula is C22H26N2O6S2. The molecule has 3 aromatic carbocycles. The Morgan fingerprint density at radius 3 is 2.28 bits per heavy atom. The predicted molar refractivity (Wildman–Crippen MR) is 127 cm³/mol. The molecule has 5 N–H and O–H groups in total. The molecule has 32 heavy (non-hydrogen) atoms. The van der Waals surface area contributed by atoms with Crippen LogP contribution < -0.4 is 10.5 Å². The molecule has 0 atom stereocenters. The molecule has 172 valence electrons. The van der Waals surface area contributed by atoms with E-state index in [1.807, 2.05) is 6.92 Å². The molecule has 0 aliphatic heterocycles. The molecule has 0 amide bonds. The lowest BCUT2D eigenvalue weighted by atomic mass is 10.2. The van der Waals surface area contributed by atoms with Gasteiger partial charge >= 0.3 is 0 Å². The van der Waals surface area contributed by atoms with Gasteiger partial charge in [0.05, 0.1) is 16.4 Å². The summed E-state index contributed by atoms with van der Waals surface area (Å²) in [4.78, 5) is 0.253. The van der Waals surface area contributed by atoms with Gasteiger partial charge in [-0.05, 0) is 49.4 Å². The second-order valence-corrected chi connectivity index (χ2v) is 10.5. The van der Waals surface area contributed by atoms with Crippen LogP contribution in [0.5, 0.6) is 5.75 Å². The van der Waals surface area contributed by atoms with Crippen LogP contribution >= 0.6 is 10.9 Å². The van der Waals surface area contributed by atoms with Gasteiger partial charge in [-0.2, -0.15) is 0 Å². The molecule has 0 saturated heterocycles. The Kier molecular flexibility index (Phi) is 7.22. The van der Waals surface area contributed by atoms with Crippen molar-refractivity contribution in [3.8, 4) is 5.75 Å². The standard InChI is InChI=1S/C22H24N2O6S2.H2/c1-16-7-10-19(11-8-16)32(27,28)30-14-13-29-17-9-12-21(23)20(15-17)22(24)31(25,26)18-5-3-2-4-6-18;/h2-12,15,24,27-28H,13-14,23H2,1H3;1H. The number of aryl methyl sites for hydroxylation is 1. The zero-order chi connectivity index (χ0) is 23.4. The summed E-state index contributed by atoms with van der Waals surface area (Å²) in [7, 11) is -7.47. The number of anilines is 1. The minimum Gasteiger partial charge on any atom is -0.491 e. The summed E-state index contributed by atoms with van der Waals surface area (Å²) in [5.74, 6) is 0.262. The number of sulfone groups is 1. The first-order chi connectivity index (χ1) is 15.1. The predicted octanol–water partition coefficient (Wildman–Crippen LogP) is 4.74.